The predicted molar refractivity (Wildman–Crippen MR) is 54.0 cm³/mol. The molecule has 1 aromatic rings. The topological polar surface area (TPSA) is 45.1 Å². The Balaban J connectivity index is 2.80. The predicted octanol–water partition coefficient (Wildman–Crippen LogP) is 1.92. The molecule has 72 valence electrons. The molecule has 0 aliphatic carbocycles. The summed E-state index contributed by atoms with van der Waals surface area (Å²) in [6.07, 6.45) is 3.22. The van der Waals surface area contributed by atoms with Crippen LogP contribution in [-0.2, 0) is 0 Å². The average molecular weight is 201 g/mol. The molecule has 0 radical (unpaired) electrons. The van der Waals surface area contributed by atoms with E-state index in [9.17, 15) is 0 Å². The number of pyridine rings is 1. The van der Waals surface area contributed by atoms with Crippen molar-refractivity contribution in [2.24, 2.45) is 0 Å². The van der Waals surface area contributed by atoms with Gasteiger partial charge in [0.1, 0.15) is 0 Å². The first-order valence-corrected chi connectivity index (χ1v) is 4.41. The van der Waals surface area contributed by atoms with Crippen LogP contribution in [0.15, 0.2) is 18.5 Å². The van der Waals surface area contributed by atoms with Gasteiger partial charge in [-0.15, -0.1) is 0 Å². The van der Waals surface area contributed by atoms with Gasteiger partial charge in [0.15, 0.2) is 0 Å². The molecule has 3 nitrogen and oxygen atoms in total. The number of hydrogen-bond donors (Lipinski definition) is 2. The van der Waals surface area contributed by atoms with E-state index in [1.54, 1.807) is 18.5 Å². The quantitative estimate of drug-likeness (QED) is 0.784. The molecule has 2 N–H and O–H groups in total. The van der Waals surface area contributed by atoms with Crippen LogP contribution in [0.2, 0.25) is 5.02 Å². The number of anilines is 1. The van der Waals surface area contributed by atoms with Crippen molar-refractivity contribution >= 4 is 17.3 Å². The summed E-state index contributed by atoms with van der Waals surface area (Å²) >= 11 is 5.88. The van der Waals surface area contributed by atoms with E-state index in [1.165, 1.54) is 0 Å². The van der Waals surface area contributed by atoms with Crippen LogP contribution in [0.25, 0.3) is 0 Å². The molecular formula is C9H13ClN2O. The molecule has 0 bridgehead atoms. The van der Waals surface area contributed by atoms with Crippen LogP contribution in [0.3, 0.4) is 0 Å². The van der Waals surface area contributed by atoms with Crippen molar-refractivity contribution in [1.82, 2.24) is 4.98 Å². The van der Waals surface area contributed by atoms with Crippen LogP contribution >= 0.6 is 11.6 Å². The summed E-state index contributed by atoms with van der Waals surface area (Å²) in [4.78, 5) is 3.87. The van der Waals surface area contributed by atoms with E-state index < -0.39 is 0 Å². The zero-order valence-electron chi connectivity index (χ0n) is 7.71. The Morgan fingerprint density at radius 3 is 2.85 bits per heavy atom. The molecule has 0 saturated heterocycles. The molecule has 1 heterocycles. The fraction of sp³-hybridized carbons (Fsp3) is 0.444. The minimum atomic E-state index is -0.370. The zero-order valence-corrected chi connectivity index (χ0v) is 8.47. The highest BCUT2D eigenvalue weighted by atomic mass is 35.5. The average Bonchev–Trinajstić information content (AvgIpc) is 2.09. The Hall–Kier alpha value is -0.800. The van der Waals surface area contributed by atoms with Crippen molar-refractivity contribution in [3.8, 4) is 0 Å². The summed E-state index contributed by atoms with van der Waals surface area (Å²) in [5.74, 6) is 0. The van der Waals surface area contributed by atoms with Crippen LogP contribution < -0.4 is 5.32 Å². The summed E-state index contributed by atoms with van der Waals surface area (Å²) in [7, 11) is 0. The maximum atomic E-state index is 9.03. The molecule has 0 aliphatic heterocycles. The standard InChI is InChI=1S/C9H13ClN2O/c1-9(2,6-13)12-8-3-4-11-5-7(8)10/h3-5,13H,6H2,1-2H3,(H,11,12). The number of nitrogens with zero attached hydrogens (tertiary/aromatic N) is 1. The minimum absolute atomic E-state index is 0.0473. The number of nitrogens with one attached hydrogen (secondary N) is 1. The molecule has 0 fully saturated rings. The lowest BCUT2D eigenvalue weighted by molar-refractivity contribution is 0.234. The van der Waals surface area contributed by atoms with Gasteiger partial charge in [0.05, 0.1) is 22.9 Å². The molecule has 0 amide bonds. The van der Waals surface area contributed by atoms with Crippen LogP contribution in [0, 0.1) is 0 Å². The number of aromatic nitrogens is 1. The van der Waals surface area contributed by atoms with Gasteiger partial charge in [-0.25, -0.2) is 0 Å². The van der Waals surface area contributed by atoms with Crippen LogP contribution in [0.1, 0.15) is 13.8 Å². The van der Waals surface area contributed by atoms with Crippen LogP contribution in [-0.4, -0.2) is 22.2 Å². The van der Waals surface area contributed by atoms with Gasteiger partial charge in [0.25, 0.3) is 0 Å². The first-order valence-electron chi connectivity index (χ1n) is 4.04. The molecule has 0 aromatic carbocycles. The zero-order chi connectivity index (χ0) is 9.90. The van der Waals surface area contributed by atoms with Gasteiger partial charge in [-0.3, -0.25) is 4.98 Å². The normalized spacial score (nSPS) is 11.4. The summed E-state index contributed by atoms with van der Waals surface area (Å²) in [6.45, 7) is 3.83. The van der Waals surface area contributed by atoms with Crippen molar-refractivity contribution < 1.29 is 5.11 Å². The van der Waals surface area contributed by atoms with Crippen molar-refractivity contribution in [3.05, 3.63) is 23.5 Å². The first-order chi connectivity index (χ1) is 6.05. The van der Waals surface area contributed by atoms with E-state index in [0.29, 0.717) is 5.02 Å². The Kier molecular flexibility index (Phi) is 3.12. The molecule has 1 aromatic heterocycles. The number of rotatable bonds is 3. The lowest BCUT2D eigenvalue weighted by atomic mass is 10.1. The summed E-state index contributed by atoms with van der Waals surface area (Å²) < 4.78 is 0. The Morgan fingerprint density at radius 2 is 2.31 bits per heavy atom. The lowest BCUT2D eigenvalue weighted by Crippen LogP contribution is -2.34. The molecule has 13 heavy (non-hydrogen) atoms. The van der Waals surface area contributed by atoms with Crippen molar-refractivity contribution in [2.45, 2.75) is 19.4 Å². The number of aliphatic hydroxyl groups is 1. The van der Waals surface area contributed by atoms with Gasteiger partial charge in [0.2, 0.25) is 0 Å². The Morgan fingerprint density at radius 1 is 1.62 bits per heavy atom. The molecule has 4 heteroatoms. The number of halogens is 1. The van der Waals surface area contributed by atoms with E-state index in [4.69, 9.17) is 16.7 Å². The van der Waals surface area contributed by atoms with Gasteiger partial charge < -0.3 is 10.4 Å². The van der Waals surface area contributed by atoms with Crippen LogP contribution in [0.5, 0.6) is 0 Å². The second-order valence-corrected chi connectivity index (χ2v) is 3.93. The highest BCUT2D eigenvalue weighted by molar-refractivity contribution is 6.33. The SMILES string of the molecule is CC(C)(CO)Nc1ccncc1Cl. The van der Waals surface area contributed by atoms with Crippen molar-refractivity contribution in [1.29, 1.82) is 0 Å². The third-order valence-electron chi connectivity index (χ3n) is 1.64. The van der Waals surface area contributed by atoms with E-state index in [2.05, 4.69) is 10.3 Å². The van der Waals surface area contributed by atoms with Gasteiger partial charge in [-0.1, -0.05) is 11.6 Å². The second-order valence-electron chi connectivity index (χ2n) is 3.52. The first kappa shape index (κ1) is 10.3. The number of aliphatic hydroxyl groups excluding tert-OH is 1. The van der Waals surface area contributed by atoms with Crippen molar-refractivity contribution in [2.75, 3.05) is 11.9 Å². The third kappa shape index (κ3) is 2.86. The largest absolute Gasteiger partial charge is 0.394 e. The number of hydrogen-bond acceptors (Lipinski definition) is 3. The van der Waals surface area contributed by atoms with E-state index >= 15 is 0 Å². The monoisotopic (exact) mass is 200 g/mol. The molecule has 0 aliphatic rings. The summed E-state index contributed by atoms with van der Waals surface area (Å²) in [6, 6.07) is 1.78. The lowest BCUT2D eigenvalue weighted by Gasteiger charge is -2.25. The molecule has 0 atom stereocenters. The van der Waals surface area contributed by atoms with Crippen molar-refractivity contribution in [3.63, 3.8) is 0 Å². The smallest absolute Gasteiger partial charge is 0.0820 e. The van der Waals surface area contributed by atoms with Gasteiger partial charge in [-0.2, -0.15) is 0 Å². The maximum absolute atomic E-state index is 9.03. The van der Waals surface area contributed by atoms with Crippen LogP contribution in [0.4, 0.5) is 5.69 Å². The third-order valence-corrected chi connectivity index (χ3v) is 1.94. The van der Waals surface area contributed by atoms with E-state index in [1.807, 2.05) is 13.8 Å². The van der Waals surface area contributed by atoms with Gasteiger partial charge in [0, 0.05) is 12.4 Å². The van der Waals surface area contributed by atoms with Gasteiger partial charge >= 0.3 is 0 Å². The molecule has 0 saturated carbocycles. The fourth-order valence-corrected chi connectivity index (χ4v) is 1.05. The van der Waals surface area contributed by atoms with Gasteiger partial charge in [-0.05, 0) is 19.9 Å². The Labute approximate surface area is 82.8 Å². The highest BCUT2D eigenvalue weighted by Gasteiger charge is 2.16. The highest BCUT2D eigenvalue weighted by Crippen LogP contribution is 2.22. The molecule has 0 unspecified atom stereocenters. The molecular weight excluding hydrogens is 188 g/mol. The Bertz CT molecular complexity index is 289. The fourth-order valence-electron chi connectivity index (χ4n) is 0.881. The molecule has 0 spiro atoms. The van der Waals surface area contributed by atoms with E-state index in [-0.39, 0.29) is 12.1 Å². The molecule has 1 rings (SSSR count). The maximum Gasteiger partial charge on any atom is 0.0820 e. The minimum Gasteiger partial charge on any atom is -0.394 e. The summed E-state index contributed by atoms with van der Waals surface area (Å²) in [5.41, 5.74) is 0.418. The second kappa shape index (κ2) is 3.94. The van der Waals surface area contributed by atoms with E-state index in [0.717, 1.165) is 5.69 Å². The summed E-state index contributed by atoms with van der Waals surface area (Å²) in [5, 5.41) is 12.7.